The van der Waals surface area contributed by atoms with Crippen LogP contribution in [0.2, 0.25) is 0 Å². The van der Waals surface area contributed by atoms with Gasteiger partial charge in [-0.15, -0.1) is 0 Å². The Bertz CT molecular complexity index is 1110. The monoisotopic (exact) mass is 381 g/mol. The lowest BCUT2D eigenvalue weighted by atomic mass is 10.0. The molecule has 4 rings (SSSR count). The number of fused-ring (bicyclic) bond motifs is 1. The lowest BCUT2D eigenvalue weighted by molar-refractivity contribution is -0.138. The second-order valence-electron chi connectivity index (χ2n) is 6.60. The molecule has 0 bridgehead atoms. The summed E-state index contributed by atoms with van der Waals surface area (Å²) in [6, 6.07) is 6.61. The van der Waals surface area contributed by atoms with Crippen LogP contribution in [0.4, 0.5) is 13.2 Å². The van der Waals surface area contributed by atoms with Gasteiger partial charge in [0.05, 0.1) is 5.56 Å². The van der Waals surface area contributed by atoms with E-state index in [4.69, 9.17) is 0 Å². The number of pyridine rings is 3. The molecule has 7 heteroatoms. The second kappa shape index (κ2) is 7.07. The van der Waals surface area contributed by atoms with E-state index >= 15 is 0 Å². The van der Waals surface area contributed by atoms with Crippen LogP contribution in [0.3, 0.4) is 0 Å². The molecule has 0 aromatic carbocycles. The zero-order valence-corrected chi connectivity index (χ0v) is 15.0. The molecular formula is C21H16F3N4. The van der Waals surface area contributed by atoms with Gasteiger partial charge in [-0.25, -0.2) is 4.98 Å². The first-order chi connectivity index (χ1) is 13.4. The third-order valence-electron chi connectivity index (χ3n) is 4.46. The van der Waals surface area contributed by atoms with Gasteiger partial charge in [0.25, 0.3) is 0 Å². The van der Waals surface area contributed by atoms with Crippen molar-refractivity contribution in [2.75, 3.05) is 0 Å². The molecule has 4 heterocycles. The van der Waals surface area contributed by atoms with Gasteiger partial charge >= 0.3 is 6.18 Å². The zero-order valence-electron chi connectivity index (χ0n) is 15.0. The van der Waals surface area contributed by atoms with E-state index in [0.717, 1.165) is 40.0 Å². The number of alkyl halides is 3. The topological polar surface area (TPSA) is 54.5 Å². The quantitative estimate of drug-likeness (QED) is 0.549. The van der Waals surface area contributed by atoms with E-state index in [0.29, 0.717) is 12.1 Å². The molecule has 4 aromatic heterocycles. The Balaban J connectivity index is 1.54. The number of hydrogen-bond donors (Lipinski definition) is 1. The summed E-state index contributed by atoms with van der Waals surface area (Å²) in [5, 5.41) is 1.06. The van der Waals surface area contributed by atoms with E-state index in [1.54, 1.807) is 12.3 Å². The standard InChI is InChI=1S/C21H16F3N4/c1-13-6-18-15(12-28-20(18)27-9-13)7-14-2-3-17(26-10-14)8-16-11-25-5-4-19(16)21(22,23)24/h2-6,8-12H,7H2,1H3,(H,27,28). The minimum absolute atomic E-state index is 0.00609. The maximum absolute atomic E-state index is 13.1. The van der Waals surface area contributed by atoms with E-state index in [-0.39, 0.29) is 5.56 Å². The van der Waals surface area contributed by atoms with E-state index < -0.39 is 11.7 Å². The number of rotatable bonds is 4. The summed E-state index contributed by atoms with van der Waals surface area (Å²) in [5.74, 6) is 0. The molecule has 0 spiro atoms. The summed E-state index contributed by atoms with van der Waals surface area (Å²) in [6.07, 6.45) is 5.34. The van der Waals surface area contributed by atoms with Gasteiger partial charge in [-0.05, 0) is 47.4 Å². The van der Waals surface area contributed by atoms with Crippen LogP contribution in [0.15, 0.2) is 55.2 Å². The van der Waals surface area contributed by atoms with Crippen LogP contribution in [0.1, 0.15) is 33.5 Å². The van der Waals surface area contributed by atoms with Gasteiger partial charge in [0.2, 0.25) is 0 Å². The van der Waals surface area contributed by atoms with Gasteiger partial charge < -0.3 is 4.98 Å². The van der Waals surface area contributed by atoms with Gasteiger partial charge in [-0.2, -0.15) is 13.2 Å². The number of H-pyrrole nitrogens is 1. The highest BCUT2D eigenvalue weighted by Crippen LogP contribution is 2.32. The van der Waals surface area contributed by atoms with Crippen LogP contribution in [-0.2, 0) is 12.6 Å². The molecule has 0 unspecified atom stereocenters. The van der Waals surface area contributed by atoms with Crippen LogP contribution in [0.5, 0.6) is 0 Å². The smallest absolute Gasteiger partial charge is 0.346 e. The lowest BCUT2D eigenvalue weighted by Crippen LogP contribution is -2.09. The Morgan fingerprint density at radius 1 is 1.07 bits per heavy atom. The van der Waals surface area contributed by atoms with Crippen molar-refractivity contribution in [3.63, 3.8) is 0 Å². The lowest BCUT2D eigenvalue weighted by Gasteiger charge is -2.11. The summed E-state index contributed by atoms with van der Waals surface area (Å²) in [7, 11) is 0. The molecule has 0 saturated carbocycles. The average Bonchev–Trinajstić information content (AvgIpc) is 3.05. The largest absolute Gasteiger partial charge is 0.416 e. The zero-order chi connectivity index (χ0) is 19.7. The fraction of sp³-hybridized carbons (Fsp3) is 0.143. The molecule has 0 fully saturated rings. The Labute approximate surface area is 159 Å². The van der Waals surface area contributed by atoms with Crippen molar-refractivity contribution in [2.24, 2.45) is 0 Å². The minimum atomic E-state index is -4.43. The second-order valence-corrected chi connectivity index (χ2v) is 6.60. The summed E-state index contributed by atoms with van der Waals surface area (Å²) in [5.41, 5.74) is 3.67. The number of hydrogen-bond acceptors (Lipinski definition) is 3. The van der Waals surface area contributed by atoms with Crippen molar-refractivity contribution in [2.45, 2.75) is 19.5 Å². The third-order valence-corrected chi connectivity index (χ3v) is 4.46. The molecule has 0 atom stereocenters. The SMILES string of the molecule is Cc1cnc2[nH]cc(Cc3ccc([CH]c4cnccc4C(F)(F)F)nc3)c2c1. The van der Waals surface area contributed by atoms with Gasteiger partial charge in [0, 0.05) is 54.9 Å². The molecule has 0 saturated heterocycles. The molecule has 0 aliphatic carbocycles. The molecule has 28 heavy (non-hydrogen) atoms. The summed E-state index contributed by atoms with van der Waals surface area (Å²) < 4.78 is 39.3. The fourth-order valence-corrected chi connectivity index (χ4v) is 3.09. The molecule has 0 amide bonds. The Morgan fingerprint density at radius 2 is 1.93 bits per heavy atom. The number of nitrogens with zero attached hydrogens (tertiary/aromatic N) is 3. The Kier molecular flexibility index (Phi) is 4.58. The normalized spacial score (nSPS) is 11.9. The number of aryl methyl sites for hydroxylation is 1. The van der Waals surface area contributed by atoms with Gasteiger partial charge in [0.15, 0.2) is 0 Å². The van der Waals surface area contributed by atoms with E-state index in [1.807, 2.05) is 25.4 Å². The first kappa shape index (κ1) is 18.2. The molecule has 1 radical (unpaired) electrons. The number of nitrogens with one attached hydrogen (secondary N) is 1. The molecule has 1 N–H and O–H groups in total. The predicted molar refractivity (Wildman–Crippen MR) is 99.6 cm³/mol. The first-order valence-corrected chi connectivity index (χ1v) is 8.63. The van der Waals surface area contributed by atoms with Crippen molar-refractivity contribution >= 4 is 11.0 Å². The summed E-state index contributed by atoms with van der Waals surface area (Å²) >= 11 is 0. The van der Waals surface area contributed by atoms with Crippen LogP contribution in [-0.4, -0.2) is 19.9 Å². The molecule has 141 valence electrons. The van der Waals surface area contributed by atoms with Crippen molar-refractivity contribution in [1.29, 1.82) is 0 Å². The number of aromatic amines is 1. The molecule has 0 aliphatic heterocycles. The van der Waals surface area contributed by atoms with Gasteiger partial charge in [0.1, 0.15) is 5.65 Å². The first-order valence-electron chi connectivity index (χ1n) is 8.63. The Hall–Kier alpha value is -3.22. The number of halogens is 3. The average molecular weight is 381 g/mol. The van der Waals surface area contributed by atoms with Crippen molar-refractivity contribution in [1.82, 2.24) is 19.9 Å². The fourth-order valence-electron chi connectivity index (χ4n) is 3.09. The summed E-state index contributed by atoms with van der Waals surface area (Å²) in [4.78, 5) is 15.6. The van der Waals surface area contributed by atoms with E-state index in [9.17, 15) is 13.2 Å². The summed E-state index contributed by atoms with van der Waals surface area (Å²) in [6.45, 7) is 1.99. The van der Waals surface area contributed by atoms with E-state index in [2.05, 4.69) is 26.0 Å². The highest BCUT2D eigenvalue weighted by atomic mass is 19.4. The van der Waals surface area contributed by atoms with Gasteiger partial charge in [-0.3, -0.25) is 9.97 Å². The van der Waals surface area contributed by atoms with Crippen molar-refractivity contribution in [3.8, 4) is 0 Å². The highest BCUT2D eigenvalue weighted by molar-refractivity contribution is 5.80. The molecule has 0 aliphatic rings. The third kappa shape index (κ3) is 3.74. The predicted octanol–water partition coefficient (Wildman–Crippen LogP) is 4.87. The van der Waals surface area contributed by atoms with E-state index in [1.165, 1.54) is 12.6 Å². The number of aromatic nitrogens is 4. The molecular weight excluding hydrogens is 365 g/mol. The van der Waals surface area contributed by atoms with Gasteiger partial charge in [-0.1, -0.05) is 6.07 Å². The molecule has 4 aromatic rings. The van der Waals surface area contributed by atoms with Crippen LogP contribution < -0.4 is 0 Å². The van der Waals surface area contributed by atoms with Crippen molar-refractivity contribution < 1.29 is 13.2 Å². The van der Waals surface area contributed by atoms with Crippen molar-refractivity contribution in [3.05, 3.63) is 95.2 Å². The van der Waals surface area contributed by atoms with Crippen LogP contribution >= 0.6 is 0 Å². The maximum atomic E-state index is 13.1. The minimum Gasteiger partial charge on any atom is -0.346 e. The maximum Gasteiger partial charge on any atom is 0.416 e. The van der Waals surface area contributed by atoms with Crippen LogP contribution in [0, 0.1) is 13.3 Å². The molecule has 4 nitrogen and oxygen atoms in total. The Morgan fingerprint density at radius 3 is 2.68 bits per heavy atom. The highest BCUT2D eigenvalue weighted by Gasteiger charge is 2.33. The van der Waals surface area contributed by atoms with Crippen LogP contribution in [0.25, 0.3) is 11.0 Å².